The van der Waals surface area contributed by atoms with Crippen molar-refractivity contribution >= 4 is 5.78 Å². The monoisotopic (exact) mass is 377 g/mol. The SMILES string of the molecule is CC12CC3CC(C(=O)CC45CCN(CC4)CC5)(C1)CC(c1ccccc1)(C3)C2. The Morgan fingerprint density at radius 1 is 0.964 bits per heavy atom. The molecule has 3 heterocycles. The number of fused-ring (bicyclic) bond motifs is 3. The summed E-state index contributed by atoms with van der Waals surface area (Å²) in [6, 6.07) is 11.3. The summed E-state index contributed by atoms with van der Waals surface area (Å²) in [5.41, 5.74) is 2.48. The second kappa shape index (κ2) is 5.72. The minimum Gasteiger partial charge on any atom is -0.303 e. The molecule has 0 N–H and O–H groups in total. The van der Waals surface area contributed by atoms with Crippen molar-refractivity contribution in [1.82, 2.24) is 4.90 Å². The number of Topliss-reactive ketones (excluding diaryl/α,β-unsaturated/α-hetero) is 1. The average molecular weight is 378 g/mol. The van der Waals surface area contributed by atoms with Crippen molar-refractivity contribution in [3.8, 4) is 0 Å². The molecule has 4 aliphatic carbocycles. The molecule has 1 aromatic carbocycles. The Morgan fingerprint density at radius 3 is 2.36 bits per heavy atom. The highest BCUT2D eigenvalue weighted by molar-refractivity contribution is 5.86. The largest absolute Gasteiger partial charge is 0.303 e. The Balaban J connectivity index is 1.34. The molecule has 0 radical (unpaired) electrons. The highest BCUT2D eigenvalue weighted by Gasteiger charge is 2.64. The van der Waals surface area contributed by atoms with Crippen LogP contribution in [0.25, 0.3) is 0 Å². The van der Waals surface area contributed by atoms with Crippen LogP contribution in [0.3, 0.4) is 0 Å². The molecule has 2 heteroatoms. The van der Waals surface area contributed by atoms with Gasteiger partial charge >= 0.3 is 0 Å². The number of carbonyl (C=O) groups is 1. The van der Waals surface area contributed by atoms with Crippen molar-refractivity contribution in [3.05, 3.63) is 35.9 Å². The first-order valence-corrected chi connectivity index (χ1v) is 11.7. The Morgan fingerprint density at radius 2 is 1.68 bits per heavy atom. The quantitative estimate of drug-likeness (QED) is 0.704. The highest BCUT2D eigenvalue weighted by Crippen LogP contribution is 2.70. The number of piperidine rings is 3. The molecule has 3 saturated heterocycles. The molecule has 4 unspecified atom stereocenters. The molecule has 2 nitrogen and oxygen atoms in total. The van der Waals surface area contributed by atoms with Crippen LogP contribution < -0.4 is 0 Å². The smallest absolute Gasteiger partial charge is 0.139 e. The maximum absolute atomic E-state index is 14.0. The Labute approximate surface area is 170 Å². The third-order valence-electron chi connectivity index (χ3n) is 9.74. The van der Waals surface area contributed by atoms with Gasteiger partial charge in [-0.2, -0.15) is 0 Å². The fraction of sp³-hybridized carbons (Fsp3) is 0.731. The van der Waals surface area contributed by atoms with E-state index in [-0.39, 0.29) is 10.8 Å². The van der Waals surface area contributed by atoms with Gasteiger partial charge in [0.05, 0.1) is 0 Å². The van der Waals surface area contributed by atoms with Crippen LogP contribution in [0, 0.1) is 22.2 Å². The zero-order chi connectivity index (χ0) is 19.0. The minimum atomic E-state index is -0.0205. The van der Waals surface area contributed by atoms with Gasteiger partial charge in [-0.15, -0.1) is 0 Å². The van der Waals surface area contributed by atoms with E-state index in [4.69, 9.17) is 0 Å². The summed E-state index contributed by atoms with van der Waals surface area (Å²) in [7, 11) is 0. The number of rotatable bonds is 4. The fourth-order valence-electron chi connectivity index (χ4n) is 9.03. The Bertz CT molecular complexity index is 780. The van der Waals surface area contributed by atoms with Gasteiger partial charge in [-0.25, -0.2) is 0 Å². The molecule has 1 aromatic rings. The standard InChI is InChI=1S/C26H35NO/c1-23-13-20-14-25(17-23,21-5-3-2-4-6-21)19-26(15-20,18-23)22(28)16-24-7-10-27(11-8-24)12-9-24/h2-6,20H,7-19H2,1H3. The van der Waals surface area contributed by atoms with Crippen molar-refractivity contribution in [2.24, 2.45) is 22.2 Å². The number of nitrogens with zero attached hydrogens (tertiary/aromatic N) is 1. The predicted octanol–water partition coefficient (Wildman–Crippen LogP) is 5.36. The zero-order valence-electron chi connectivity index (χ0n) is 17.5. The maximum Gasteiger partial charge on any atom is 0.139 e. The number of hydrogen-bond donors (Lipinski definition) is 0. The molecule has 0 spiro atoms. The van der Waals surface area contributed by atoms with Gasteiger partial charge in [-0.1, -0.05) is 37.3 Å². The maximum atomic E-state index is 14.0. The molecular formula is C26H35NO. The number of benzene rings is 1. The summed E-state index contributed by atoms with van der Waals surface area (Å²) in [5.74, 6) is 1.43. The molecule has 0 amide bonds. The summed E-state index contributed by atoms with van der Waals surface area (Å²) in [6.07, 6.45) is 12.2. The molecule has 4 saturated carbocycles. The van der Waals surface area contributed by atoms with Crippen molar-refractivity contribution in [1.29, 1.82) is 0 Å². The van der Waals surface area contributed by atoms with Crippen LogP contribution in [0.5, 0.6) is 0 Å². The normalized spacial score (nSPS) is 48.8. The molecule has 6 bridgehead atoms. The third-order valence-corrected chi connectivity index (χ3v) is 9.74. The van der Waals surface area contributed by atoms with E-state index < -0.39 is 0 Å². The number of carbonyl (C=O) groups excluding carboxylic acids is 1. The van der Waals surface area contributed by atoms with Crippen LogP contribution in [0.4, 0.5) is 0 Å². The first-order chi connectivity index (χ1) is 13.4. The van der Waals surface area contributed by atoms with Gasteiger partial charge in [0.15, 0.2) is 0 Å². The first-order valence-electron chi connectivity index (χ1n) is 11.7. The van der Waals surface area contributed by atoms with Crippen LogP contribution in [-0.4, -0.2) is 30.3 Å². The summed E-state index contributed by atoms with van der Waals surface area (Å²) >= 11 is 0. The van der Waals surface area contributed by atoms with Gasteiger partial charge in [0.25, 0.3) is 0 Å². The number of hydrogen-bond acceptors (Lipinski definition) is 2. The molecule has 4 atom stereocenters. The van der Waals surface area contributed by atoms with Crippen LogP contribution in [-0.2, 0) is 10.2 Å². The summed E-state index contributed by atoms with van der Waals surface area (Å²) in [6.45, 7) is 6.20. The van der Waals surface area contributed by atoms with Gasteiger partial charge in [-0.05, 0) is 105 Å². The van der Waals surface area contributed by atoms with Gasteiger partial charge < -0.3 is 4.90 Å². The van der Waals surface area contributed by atoms with Crippen LogP contribution in [0.15, 0.2) is 30.3 Å². The minimum absolute atomic E-state index is 0.0205. The van der Waals surface area contributed by atoms with E-state index in [1.165, 1.54) is 76.6 Å². The lowest BCUT2D eigenvalue weighted by Crippen LogP contribution is -2.61. The fourth-order valence-corrected chi connectivity index (χ4v) is 9.03. The van der Waals surface area contributed by atoms with Crippen LogP contribution >= 0.6 is 0 Å². The van der Waals surface area contributed by atoms with Crippen molar-refractivity contribution in [2.75, 3.05) is 19.6 Å². The lowest BCUT2D eigenvalue weighted by Gasteiger charge is -2.66. The van der Waals surface area contributed by atoms with E-state index in [0.717, 1.165) is 18.8 Å². The van der Waals surface area contributed by atoms with Gasteiger partial charge in [0.1, 0.15) is 5.78 Å². The van der Waals surface area contributed by atoms with E-state index in [2.05, 4.69) is 42.2 Å². The molecule has 3 aliphatic heterocycles. The second-order valence-electron chi connectivity index (χ2n) is 11.9. The van der Waals surface area contributed by atoms with Gasteiger partial charge in [-0.3, -0.25) is 4.79 Å². The molecule has 150 valence electrons. The van der Waals surface area contributed by atoms with Gasteiger partial charge in [0.2, 0.25) is 0 Å². The van der Waals surface area contributed by atoms with E-state index in [9.17, 15) is 4.79 Å². The summed E-state index contributed by atoms with van der Waals surface area (Å²) in [5, 5.41) is 0. The highest BCUT2D eigenvalue weighted by atomic mass is 16.1. The Hall–Kier alpha value is -1.15. The van der Waals surface area contributed by atoms with Crippen LogP contribution in [0.1, 0.15) is 76.7 Å². The molecule has 28 heavy (non-hydrogen) atoms. The van der Waals surface area contributed by atoms with E-state index >= 15 is 0 Å². The van der Waals surface area contributed by atoms with Crippen molar-refractivity contribution in [3.63, 3.8) is 0 Å². The van der Waals surface area contributed by atoms with Crippen LogP contribution in [0.2, 0.25) is 0 Å². The van der Waals surface area contributed by atoms with Gasteiger partial charge in [0, 0.05) is 11.8 Å². The molecular weight excluding hydrogens is 342 g/mol. The predicted molar refractivity (Wildman–Crippen MR) is 112 cm³/mol. The van der Waals surface area contributed by atoms with Crippen molar-refractivity contribution in [2.45, 2.75) is 76.5 Å². The zero-order valence-corrected chi connectivity index (χ0v) is 17.5. The Kier molecular flexibility index (Phi) is 3.61. The average Bonchev–Trinajstić information content (AvgIpc) is 2.68. The van der Waals surface area contributed by atoms with E-state index in [1.54, 1.807) is 0 Å². The molecule has 7 fully saturated rings. The summed E-state index contributed by atoms with van der Waals surface area (Å²) in [4.78, 5) is 16.6. The second-order valence-corrected chi connectivity index (χ2v) is 11.9. The number of ketones is 1. The third kappa shape index (κ3) is 2.52. The summed E-state index contributed by atoms with van der Waals surface area (Å²) < 4.78 is 0. The lowest BCUT2D eigenvalue weighted by molar-refractivity contribution is -0.162. The van der Waals surface area contributed by atoms with Crippen molar-refractivity contribution < 1.29 is 4.79 Å². The van der Waals surface area contributed by atoms with E-state index in [0.29, 0.717) is 16.6 Å². The molecule has 7 aliphatic rings. The van der Waals surface area contributed by atoms with E-state index in [1.807, 2.05) is 0 Å². The molecule has 8 rings (SSSR count). The first kappa shape index (κ1) is 17.7. The topological polar surface area (TPSA) is 20.3 Å². The lowest BCUT2D eigenvalue weighted by atomic mass is 9.37. The molecule has 0 aromatic heterocycles.